The second kappa shape index (κ2) is 6.87. The van der Waals surface area contributed by atoms with Crippen LogP contribution in [0, 0.1) is 5.92 Å². The molecule has 0 radical (unpaired) electrons. The van der Waals surface area contributed by atoms with Crippen LogP contribution < -0.4 is 10.6 Å². The molecule has 6 nitrogen and oxygen atoms in total. The highest BCUT2D eigenvalue weighted by molar-refractivity contribution is 7.89. The Kier molecular flexibility index (Phi) is 5.40. The van der Waals surface area contributed by atoms with Gasteiger partial charge < -0.3 is 10.6 Å². The molecule has 0 spiro atoms. The van der Waals surface area contributed by atoms with Gasteiger partial charge in [-0.1, -0.05) is 19.3 Å². The molecule has 0 aromatic rings. The van der Waals surface area contributed by atoms with Gasteiger partial charge in [0.25, 0.3) is 0 Å². The number of sulfonamides is 1. The molecule has 1 heterocycles. The van der Waals surface area contributed by atoms with Gasteiger partial charge in [0.2, 0.25) is 15.9 Å². The highest BCUT2D eigenvalue weighted by Gasteiger charge is 2.37. The first kappa shape index (κ1) is 15.7. The summed E-state index contributed by atoms with van der Waals surface area (Å²) in [7, 11) is -1.81. The van der Waals surface area contributed by atoms with Crippen LogP contribution in [0.15, 0.2) is 0 Å². The Morgan fingerprint density at radius 3 is 2.65 bits per heavy atom. The zero-order valence-corrected chi connectivity index (χ0v) is 12.9. The minimum Gasteiger partial charge on any atom is -0.358 e. The lowest BCUT2D eigenvalue weighted by molar-refractivity contribution is -0.124. The average molecular weight is 303 g/mol. The number of nitrogens with one attached hydrogen (secondary N) is 2. The van der Waals surface area contributed by atoms with E-state index < -0.39 is 16.1 Å². The Balaban J connectivity index is 2.06. The molecule has 1 aliphatic carbocycles. The lowest BCUT2D eigenvalue weighted by atomic mass is 9.91. The van der Waals surface area contributed by atoms with Crippen molar-refractivity contribution in [1.29, 1.82) is 0 Å². The van der Waals surface area contributed by atoms with E-state index in [0.29, 0.717) is 19.6 Å². The van der Waals surface area contributed by atoms with Crippen LogP contribution in [-0.4, -0.2) is 57.1 Å². The maximum Gasteiger partial charge on any atom is 0.239 e. The molecule has 0 bridgehead atoms. The maximum absolute atomic E-state index is 12.6. The summed E-state index contributed by atoms with van der Waals surface area (Å²) in [5, 5.41) is 5.64. The van der Waals surface area contributed by atoms with Gasteiger partial charge >= 0.3 is 0 Å². The van der Waals surface area contributed by atoms with Gasteiger partial charge in [0.15, 0.2) is 0 Å². The first-order valence-electron chi connectivity index (χ1n) is 7.46. The molecule has 7 heteroatoms. The number of likely N-dealkylation sites (N-methyl/N-ethyl adjacent to an activating group) is 1. The summed E-state index contributed by atoms with van der Waals surface area (Å²) >= 11 is 0. The van der Waals surface area contributed by atoms with E-state index in [1.165, 1.54) is 10.7 Å². The molecule has 2 rings (SSSR count). The van der Waals surface area contributed by atoms with Crippen LogP contribution in [0.2, 0.25) is 0 Å². The first-order valence-corrected chi connectivity index (χ1v) is 9.07. The molecule has 0 aromatic heterocycles. The van der Waals surface area contributed by atoms with Crippen LogP contribution in [0.25, 0.3) is 0 Å². The molecular weight excluding hydrogens is 278 g/mol. The van der Waals surface area contributed by atoms with Gasteiger partial charge in [-0.25, -0.2) is 8.42 Å². The van der Waals surface area contributed by atoms with Crippen LogP contribution in [0.3, 0.4) is 0 Å². The number of rotatable bonds is 4. The highest BCUT2D eigenvalue weighted by Crippen LogP contribution is 2.26. The maximum atomic E-state index is 12.6. The topological polar surface area (TPSA) is 78.5 Å². The van der Waals surface area contributed by atoms with E-state index in [4.69, 9.17) is 0 Å². The van der Waals surface area contributed by atoms with E-state index in [-0.39, 0.29) is 17.6 Å². The fourth-order valence-electron chi connectivity index (χ4n) is 3.16. The van der Waals surface area contributed by atoms with E-state index in [2.05, 4.69) is 10.6 Å². The molecule has 2 N–H and O–H groups in total. The molecule has 1 saturated carbocycles. The van der Waals surface area contributed by atoms with Crippen LogP contribution in [0.5, 0.6) is 0 Å². The van der Waals surface area contributed by atoms with Crippen LogP contribution in [-0.2, 0) is 14.8 Å². The van der Waals surface area contributed by atoms with E-state index in [0.717, 1.165) is 25.7 Å². The third-order valence-electron chi connectivity index (χ3n) is 4.27. The van der Waals surface area contributed by atoms with Crippen molar-refractivity contribution in [3.63, 3.8) is 0 Å². The summed E-state index contributed by atoms with van der Waals surface area (Å²) in [6.45, 7) is 1.38. The second-order valence-corrected chi connectivity index (χ2v) is 7.69. The van der Waals surface area contributed by atoms with Crippen molar-refractivity contribution in [3.05, 3.63) is 0 Å². The Morgan fingerprint density at radius 2 is 2.00 bits per heavy atom. The van der Waals surface area contributed by atoms with E-state index >= 15 is 0 Å². The molecule has 116 valence electrons. The predicted molar refractivity (Wildman–Crippen MR) is 77.8 cm³/mol. The number of carbonyl (C=O) groups is 1. The Hall–Kier alpha value is -0.660. The average Bonchev–Trinajstić information content (AvgIpc) is 2.47. The minimum absolute atomic E-state index is 0.195. The summed E-state index contributed by atoms with van der Waals surface area (Å²) in [5.41, 5.74) is 0. The fourth-order valence-corrected chi connectivity index (χ4v) is 5.20. The summed E-state index contributed by atoms with van der Waals surface area (Å²) < 4.78 is 26.6. The third-order valence-corrected chi connectivity index (χ3v) is 6.32. The molecule has 2 aliphatic rings. The van der Waals surface area contributed by atoms with Crippen LogP contribution >= 0.6 is 0 Å². The van der Waals surface area contributed by atoms with Crippen molar-refractivity contribution in [3.8, 4) is 0 Å². The Morgan fingerprint density at radius 1 is 1.30 bits per heavy atom. The van der Waals surface area contributed by atoms with Crippen molar-refractivity contribution in [2.75, 3.05) is 32.4 Å². The SMILES string of the molecule is CNC(=O)C1CNCCN1S(=O)(=O)CC1CCCCC1. The van der Waals surface area contributed by atoms with Gasteiger partial charge in [0.1, 0.15) is 6.04 Å². The third kappa shape index (κ3) is 3.71. The standard InChI is InChI=1S/C13H25N3O3S/c1-14-13(17)12-9-15-7-8-16(12)20(18,19)10-11-5-3-2-4-6-11/h11-12,15H,2-10H2,1H3,(H,14,17). The van der Waals surface area contributed by atoms with Crippen molar-refractivity contribution in [2.45, 2.75) is 38.1 Å². The lowest BCUT2D eigenvalue weighted by Crippen LogP contribution is -2.59. The smallest absolute Gasteiger partial charge is 0.239 e. The van der Waals surface area contributed by atoms with E-state index in [9.17, 15) is 13.2 Å². The van der Waals surface area contributed by atoms with Crippen molar-refractivity contribution >= 4 is 15.9 Å². The number of piperazine rings is 1. The second-order valence-electron chi connectivity index (χ2n) is 5.73. The number of amides is 1. The minimum atomic E-state index is -3.35. The molecule has 0 aromatic carbocycles. The molecule has 1 unspecified atom stereocenters. The molecular formula is C13H25N3O3S. The first-order chi connectivity index (χ1) is 9.54. The van der Waals surface area contributed by atoms with Gasteiger partial charge in [-0.2, -0.15) is 4.31 Å². The van der Waals surface area contributed by atoms with E-state index in [1.807, 2.05) is 0 Å². The zero-order chi connectivity index (χ0) is 14.6. The fraction of sp³-hybridized carbons (Fsp3) is 0.923. The number of carbonyl (C=O) groups excluding carboxylic acids is 1. The van der Waals surface area contributed by atoms with Crippen LogP contribution in [0.1, 0.15) is 32.1 Å². The Labute approximate surface area is 121 Å². The van der Waals surface area contributed by atoms with E-state index in [1.54, 1.807) is 7.05 Å². The molecule has 20 heavy (non-hydrogen) atoms. The quantitative estimate of drug-likeness (QED) is 0.761. The summed E-state index contributed by atoms with van der Waals surface area (Å²) in [6, 6.07) is -0.609. The van der Waals surface area contributed by atoms with Crippen molar-refractivity contribution < 1.29 is 13.2 Å². The lowest BCUT2D eigenvalue weighted by Gasteiger charge is -2.35. The van der Waals surface area contributed by atoms with Gasteiger partial charge in [0.05, 0.1) is 5.75 Å². The van der Waals surface area contributed by atoms with Crippen molar-refractivity contribution in [2.24, 2.45) is 5.92 Å². The number of nitrogens with zero attached hydrogens (tertiary/aromatic N) is 1. The monoisotopic (exact) mass is 303 g/mol. The largest absolute Gasteiger partial charge is 0.358 e. The predicted octanol–water partition coefficient (Wildman–Crippen LogP) is -0.0837. The van der Waals surface area contributed by atoms with Gasteiger partial charge in [-0.15, -0.1) is 0 Å². The summed E-state index contributed by atoms with van der Waals surface area (Å²) in [5.74, 6) is 0.221. The molecule has 1 atom stereocenters. The van der Waals surface area contributed by atoms with Gasteiger partial charge in [-0.3, -0.25) is 4.79 Å². The molecule has 1 aliphatic heterocycles. The van der Waals surface area contributed by atoms with Gasteiger partial charge in [0, 0.05) is 26.7 Å². The highest BCUT2D eigenvalue weighted by atomic mass is 32.2. The number of hydrogen-bond donors (Lipinski definition) is 2. The normalized spacial score (nSPS) is 26.4. The summed E-state index contributed by atoms with van der Waals surface area (Å²) in [6.07, 6.45) is 5.46. The number of hydrogen-bond acceptors (Lipinski definition) is 4. The van der Waals surface area contributed by atoms with Crippen molar-refractivity contribution in [1.82, 2.24) is 14.9 Å². The molecule has 1 amide bonds. The summed E-state index contributed by atoms with van der Waals surface area (Å²) in [4.78, 5) is 11.9. The zero-order valence-electron chi connectivity index (χ0n) is 12.1. The van der Waals surface area contributed by atoms with Crippen LogP contribution in [0.4, 0.5) is 0 Å². The van der Waals surface area contributed by atoms with Gasteiger partial charge in [-0.05, 0) is 18.8 Å². The molecule has 1 saturated heterocycles. The molecule has 2 fully saturated rings. The Bertz CT molecular complexity index is 432.